The summed E-state index contributed by atoms with van der Waals surface area (Å²) >= 11 is 0. The van der Waals surface area contributed by atoms with Crippen LogP contribution in [0.1, 0.15) is 31.2 Å². The molecule has 1 saturated carbocycles. The molecule has 3 rings (SSSR count). The zero-order valence-corrected chi connectivity index (χ0v) is 11.0. The molecule has 1 aliphatic carbocycles. The van der Waals surface area contributed by atoms with Crippen LogP contribution < -0.4 is 10.6 Å². The van der Waals surface area contributed by atoms with Crippen LogP contribution in [-0.2, 0) is 10.3 Å². The second kappa shape index (κ2) is 5.21. The van der Waals surface area contributed by atoms with Gasteiger partial charge in [-0.1, -0.05) is 30.3 Å². The van der Waals surface area contributed by atoms with Crippen molar-refractivity contribution in [3.63, 3.8) is 0 Å². The highest BCUT2D eigenvalue weighted by atomic mass is 16.5. The fraction of sp³-hybridized carbons (Fsp3) is 0.533. The third-order valence-corrected chi connectivity index (χ3v) is 3.94. The van der Waals surface area contributed by atoms with Crippen molar-refractivity contribution >= 4 is 6.03 Å². The number of urea groups is 1. The lowest BCUT2D eigenvalue weighted by Gasteiger charge is -2.19. The van der Waals surface area contributed by atoms with Crippen LogP contribution in [0.4, 0.5) is 4.79 Å². The van der Waals surface area contributed by atoms with Gasteiger partial charge in [-0.2, -0.15) is 0 Å². The number of benzene rings is 1. The standard InChI is InChI=1S/C15H20N2O2/c18-14(16-11-13-7-4-10-19-13)17-15(8-9-15)12-5-2-1-3-6-12/h1-3,5-6,13H,4,7-11H2,(H2,16,17,18). The van der Waals surface area contributed by atoms with E-state index in [1.165, 1.54) is 5.56 Å². The van der Waals surface area contributed by atoms with E-state index in [0.29, 0.717) is 6.54 Å². The number of hydrogen-bond acceptors (Lipinski definition) is 2. The third kappa shape index (κ3) is 2.89. The van der Waals surface area contributed by atoms with Crippen molar-refractivity contribution in [1.82, 2.24) is 10.6 Å². The number of carbonyl (C=O) groups excluding carboxylic acids is 1. The summed E-state index contributed by atoms with van der Waals surface area (Å²) in [6.07, 6.45) is 4.37. The van der Waals surface area contributed by atoms with E-state index in [0.717, 1.165) is 32.3 Å². The Morgan fingerprint density at radius 2 is 2.11 bits per heavy atom. The topological polar surface area (TPSA) is 50.4 Å². The van der Waals surface area contributed by atoms with Gasteiger partial charge in [0, 0.05) is 13.2 Å². The molecule has 0 spiro atoms. The Balaban J connectivity index is 1.52. The molecule has 1 aromatic carbocycles. The van der Waals surface area contributed by atoms with Crippen molar-refractivity contribution in [1.29, 1.82) is 0 Å². The van der Waals surface area contributed by atoms with Gasteiger partial charge in [0.2, 0.25) is 0 Å². The Morgan fingerprint density at radius 1 is 1.32 bits per heavy atom. The molecule has 0 radical (unpaired) electrons. The predicted molar refractivity (Wildman–Crippen MR) is 72.9 cm³/mol. The fourth-order valence-electron chi connectivity index (χ4n) is 2.64. The van der Waals surface area contributed by atoms with Crippen LogP contribution in [0.3, 0.4) is 0 Å². The third-order valence-electron chi connectivity index (χ3n) is 3.94. The molecule has 0 aromatic heterocycles. The molecular formula is C15H20N2O2. The first-order chi connectivity index (χ1) is 9.28. The van der Waals surface area contributed by atoms with Crippen LogP contribution in [-0.4, -0.2) is 25.3 Å². The van der Waals surface area contributed by atoms with Crippen LogP contribution in [0.25, 0.3) is 0 Å². The van der Waals surface area contributed by atoms with Crippen molar-refractivity contribution < 1.29 is 9.53 Å². The molecule has 19 heavy (non-hydrogen) atoms. The lowest BCUT2D eigenvalue weighted by Crippen LogP contribution is -2.44. The molecule has 1 atom stereocenters. The lowest BCUT2D eigenvalue weighted by atomic mass is 10.1. The summed E-state index contributed by atoms with van der Waals surface area (Å²) in [7, 11) is 0. The second-order valence-electron chi connectivity index (χ2n) is 5.42. The minimum Gasteiger partial charge on any atom is -0.376 e. The van der Waals surface area contributed by atoms with Crippen LogP contribution in [0.2, 0.25) is 0 Å². The number of ether oxygens (including phenoxy) is 1. The SMILES string of the molecule is O=C(NCC1CCCO1)NC1(c2ccccc2)CC1. The van der Waals surface area contributed by atoms with Crippen molar-refractivity contribution in [2.75, 3.05) is 13.2 Å². The van der Waals surface area contributed by atoms with Gasteiger partial charge in [-0.15, -0.1) is 0 Å². The highest BCUT2D eigenvalue weighted by Crippen LogP contribution is 2.45. The predicted octanol–water partition coefficient (Wildman–Crippen LogP) is 2.15. The Kier molecular flexibility index (Phi) is 3.42. The van der Waals surface area contributed by atoms with Crippen LogP contribution in [0.5, 0.6) is 0 Å². The lowest BCUT2D eigenvalue weighted by molar-refractivity contribution is 0.111. The van der Waals surface area contributed by atoms with Crippen LogP contribution >= 0.6 is 0 Å². The number of amides is 2. The first kappa shape index (κ1) is 12.5. The highest BCUT2D eigenvalue weighted by molar-refractivity contribution is 5.75. The van der Waals surface area contributed by atoms with Gasteiger partial charge in [0.05, 0.1) is 11.6 Å². The minimum atomic E-state index is -0.137. The van der Waals surface area contributed by atoms with E-state index in [1.54, 1.807) is 0 Å². The van der Waals surface area contributed by atoms with Crippen molar-refractivity contribution in [2.24, 2.45) is 0 Å². The summed E-state index contributed by atoms with van der Waals surface area (Å²) in [6, 6.07) is 10.1. The van der Waals surface area contributed by atoms with Gasteiger partial charge < -0.3 is 15.4 Å². The maximum absolute atomic E-state index is 12.0. The zero-order valence-electron chi connectivity index (χ0n) is 11.0. The molecule has 4 nitrogen and oxygen atoms in total. The number of hydrogen-bond donors (Lipinski definition) is 2. The van der Waals surface area contributed by atoms with E-state index < -0.39 is 0 Å². The van der Waals surface area contributed by atoms with E-state index in [2.05, 4.69) is 22.8 Å². The van der Waals surface area contributed by atoms with Crippen molar-refractivity contribution in [3.05, 3.63) is 35.9 Å². The molecule has 1 unspecified atom stereocenters. The minimum absolute atomic E-state index is 0.0862. The Labute approximate surface area is 113 Å². The number of rotatable bonds is 4. The summed E-state index contributed by atoms with van der Waals surface area (Å²) < 4.78 is 5.49. The summed E-state index contributed by atoms with van der Waals surface area (Å²) in [6.45, 7) is 1.43. The van der Waals surface area contributed by atoms with E-state index >= 15 is 0 Å². The molecule has 102 valence electrons. The molecule has 2 amide bonds. The van der Waals surface area contributed by atoms with Gasteiger partial charge in [0.15, 0.2) is 0 Å². The monoisotopic (exact) mass is 260 g/mol. The second-order valence-corrected chi connectivity index (χ2v) is 5.42. The molecule has 0 bridgehead atoms. The molecule has 1 heterocycles. The van der Waals surface area contributed by atoms with Crippen molar-refractivity contribution in [3.8, 4) is 0 Å². The van der Waals surface area contributed by atoms with Crippen molar-refractivity contribution in [2.45, 2.75) is 37.3 Å². The largest absolute Gasteiger partial charge is 0.376 e. The van der Waals surface area contributed by atoms with Crippen LogP contribution in [0, 0.1) is 0 Å². The quantitative estimate of drug-likeness (QED) is 0.871. The highest BCUT2D eigenvalue weighted by Gasteiger charge is 2.45. The summed E-state index contributed by atoms with van der Waals surface area (Å²) in [4.78, 5) is 12.0. The molecule has 1 saturated heterocycles. The van der Waals surface area contributed by atoms with Gasteiger partial charge in [0.25, 0.3) is 0 Å². The molecule has 4 heteroatoms. The first-order valence-electron chi connectivity index (χ1n) is 7.02. The summed E-state index contributed by atoms with van der Waals surface area (Å²) in [5.74, 6) is 0. The number of carbonyl (C=O) groups is 1. The summed E-state index contributed by atoms with van der Waals surface area (Å²) in [5.41, 5.74) is 1.06. The van der Waals surface area contributed by atoms with Crippen LogP contribution in [0.15, 0.2) is 30.3 Å². The van der Waals surface area contributed by atoms with Gasteiger partial charge in [0.1, 0.15) is 0 Å². The number of nitrogens with one attached hydrogen (secondary N) is 2. The average molecular weight is 260 g/mol. The van der Waals surface area contributed by atoms with E-state index in [9.17, 15) is 4.79 Å². The summed E-state index contributed by atoms with van der Waals surface area (Å²) in [5, 5.41) is 6.02. The fourth-order valence-corrected chi connectivity index (χ4v) is 2.64. The first-order valence-corrected chi connectivity index (χ1v) is 7.02. The maximum Gasteiger partial charge on any atom is 0.315 e. The zero-order chi connectivity index (χ0) is 13.1. The van der Waals surface area contributed by atoms with Gasteiger partial charge in [-0.25, -0.2) is 4.79 Å². The molecule has 2 N–H and O–H groups in total. The Bertz CT molecular complexity index is 437. The smallest absolute Gasteiger partial charge is 0.315 e. The maximum atomic E-state index is 12.0. The average Bonchev–Trinajstić information content (AvgIpc) is 3.03. The van der Waals surface area contributed by atoms with E-state index in [-0.39, 0.29) is 17.7 Å². The molecular weight excluding hydrogens is 240 g/mol. The molecule has 1 aliphatic heterocycles. The Morgan fingerprint density at radius 3 is 2.74 bits per heavy atom. The molecule has 2 aliphatic rings. The van der Waals surface area contributed by atoms with Gasteiger partial charge in [-0.05, 0) is 31.2 Å². The van der Waals surface area contributed by atoms with Gasteiger partial charge >= 0.3 is 6.03 Å². The normalized spacial score (nSPS) is 23.9. The van der Waals surface area contributed by atoms with E-state index in [1.807, 2.05) is 18.2 Å². The Hall–Kier alpha value is -1.55. The molecule has 2 fully saturated rings. The van der Waals surface area contributed by atoms with Gasteiger partial charge in [-0.3, -0.25) is 0 Å². The molecule has 1 aromatic rings. The van der Waals surface area contributed by atoms with E-state index in [4.69, 9.17) is 4.74 Å².